The third kappa shape index (κ3) is 3.77. The van der Waals surface area contributed by atoms with E-state index >= 15 is 0 Å². The summed E-state index contributed by atoms with van der Waals surface area (Å²) in [4.78, 5) is 4.05. The minimum atomic E-state index is -3.17. The highest BCUT2D eigenvalue weighted by atomic mass is 32.2. The lowest BCUT2D eigenvalue weighted by Crippen LogP contribution is -2.40. The first-order valence-electron chi connectivity index (χ1n) is 6.42. The molecule has 1 aromatic rings. The number of nitrogens with two attached hydrogens (primary N) is 1. The SMILES string of the molecule is CS(=O)(=O)N1CCCC(CS(=O)c2ncccc2N)C1. The van der Waals surface area contributed by atoms with Gasteiger partial charge in [-0.1, -0.05) is 0 Å². The zero-order valence-corrected chi connectivity index (χ0v) is 13.0. The van der Waals surface area contributed by atoms with Crippen molar-refractivity contribution in [1.82, 2.24) is 9.29 Å². The highest BCUT2D eigenvalue weighted by Gasteiger charge is 2.27. The van der Waals surface area contributed by atoms with E-state index in [0.717, 1.165) is 12.8 Å². The van der Waals surface area contributed by atoms with Crippen LogP contribution in [0, 0.1) is 5.92 Å². The van der Waals surface area contributed by atoms with Crippen LogP contribution in [0.1, 0.15) is 12.8 Å². The third-order valence-corrected chi connectivity index (χ3v) is 6.17. The van der Waals surface area contributed by atoms with Crippen LogP contribution in [0.2, 0.25) is 0 Å². The maximum Gasteiger partial charge on any atom is 0.211 e. The van der Waals surface area contributed by atoms with Crippen molar-refractivity contribution in [3.05, 3.63) is 18.3 Å². The number of sulfonamides is 1. The molecule has 1 aliphatic rings. The van der Waals surface area contributed by atoms with Crippen LogP contribution in [0.15, 0.2) is 23.4 Å². The van der Waals surface area contributed by atoms with E-state index in [0.29, 0.717) is 29.6 Å². The summed E-state index contributed by atoms with van der Waals surface area (Å²) in [6.45, 7) is 0.977. The molecule has 6 nitrogen and oxygen atoms in total. The van der Waals surface area contributed by atoms with Gasteiger partial charge >= 0.3 is 0 Å². The molecule has 1 aromatic heterocycles. The summed E-state index contributed by atoms with van der Waals surface area (Å²) in [6.07, 6.45) is 4.45. The van der Waals surface area contributed by atoms with Crippen molar-refractivity contribution in [2.75, 3.05) is 30.8 Å². The van der Waals surface area contributed by atoms with E-state index in [9.17, 15) is 12.6 Å². The summed E-state index contributed by atoms with van der Waals surface area (Å²) in [5, 5.41) is 0.393. The van der Waals surface area contributed by atoms with Crippen LogP contribution in [0.5, 0.6) is 0 Å². The predicted molar refractivity (Wildman–Crippen MR) is 79.1 cm³/mol. The largest absolute Gasteiger partial charge is 0.396 e. The van der Waals surface area contributed by atoms with Gasteiger partial charge in [0.2, 0.25) is 10.0 Å². The lowest BCUT2D eigenvalue weighted by Gasteiger charge is -2.30. The normalized spacial score (nSPS) is 22.6. The molecule has 2 atom stereocenters. The summed E-state index contributed by atoms with van der Waals surface area (Å²) in [7, 11) is -4.47. The van der Waals surface area contributed by atoms with E-state index in [-0.39, 0.29) is 5.92 Å². The lowest BCUT2D eigenvalue weighted by molar-refractivity contribution is 0.285. The van der Waals surface area contributed by atoms with Gasteiger partial charge in [-0.2, -0.15) is 0 Å². The van der Waals surface area contributed by atoms with E-state index in [1.165, 1.54) is 10.6 Å². The smallest absolute Gasteiger partial charge is 0.211 e. The van der Waals surface area contributed by atoms with E-state index in [4.69, 9.17) is 5.73 Å². The van der Waals surface area contributed by atoms with Crippen molar-refractivity contribution in [3.8, 4) is 0 Å². The van der Waals surface area contributed by atoms with Gasteiger partial charge in [0.05, 0.1) is 22.7 Å². The van der Waals surface area contributed by atoms with Crippen LogP contribution in [-0.4, -0.2) is 47.0 Å². The molecule has 0 aliphatic carbocycles. The number of nitrogen functional groups attached to an aromatic ring is 1. The Bertz CT molecular complexity index is 604. The number of rotatable bonds is 4. The van der Waals surface area contributed by atoms with Gasteiger partial charge in [-0.15, -0.1) is 0 Å². The Balaban J connectivity index is 2.03. The molecule has 0 aromatic carbocycles. The summed E-state index contributed by atoms with van der Waals surface area (Å²) >= 11 is 0. The first-order valence-corrected chi connectivity index (χ1v) is 9.58. The molecule has 0 bridgehead atoms. The van der Waals surface area contributed by atoms with Gasteiger partial charge in [0.25, 0.3) is 0 Å². The highest BCUT2D eigenvalue weighted by Crippen LogP contribution is 2.22. The van der Waals surface area contributed by atoms with Crippen LogP contribution in [0.25, 0.3) is 0 Å². The Morgan fingerprint density at radius 1 is 1.55 bits per heavy atom. The Morgan fingerprint density at radius 3 is 2.95 bits per heavy atom. The third-order valence-electron chi connectivity index (χ3n) is 3.35. The van der Waals surface area contributed by atoms with Crippen LogP contribution in [0.3, 0.4) is 0 Å². The molecule has 112 valence electrons. The first kappa shape index (κ1) is 15.4. The number of anilines is 1. The van der Waals surface area contributed by atoms with Gasteiger partial charge in [0.1, 0.15) is 5.03 Å². The van der Waals surface area contributed by atoms with Gasteiger partial charge in [-0.05, 0) is 30.9 Å². The molecule has 1 fully saturated rings. The molecule has 2 rings (SSSR count). The van der Waals surface area contributed by atoms with Crippen molar-refractivity contribution < 1.29 is 12.6 Å². The van der Waals surface area contributed by atoms with Crippen LogP contribution >= 0.6 is 0 Å². The number of aromatic nitrogens is 1. The maximum absolute atomic E-state index is 12.3. The molecule has 1 saturated heterocycles. The zero-order chi connectivity index (χ0) is 14.8. The fourth-order valence-electron chi connectivity index (χ4n) is 2.35. The van der Waals surface area contributed by atoms with Crippen molar-refractivity contribution in [3.63, 3.8) is 0 Å². The van der Waals surface area contributed by atoms with Gasteiger partial charge in [-0.3, -0.25) is 4.21 Å². The minimum Gasteiger partial charge on any atom is -0.396 e. The molecule has 1 aliphatic heterocycles. The van der Waals surface area contributed by atoms with Crippen LogP contribution in [0.4, 0.5) is 5.69 Å². The highest BCUT2D eigenvalue weighted by molar-refractivity contribution is 7.88. The summed E-state index contributed by atoms with van der Waals surface area (Å²) < 4.78 is 36.9. The fourth-order valence-corrected chi connectivity index (χ4v) is 4.66. The van der Waals surface area contributed by atoms with Crippen molar-refractivity contribution >= 4 is 26.5 Å². The van der Waals surface area contributed by atoms with E-state index in [1.54, 1.807) is 18.3 Å². The topological polar surface area (TPSA) is 93.4 Å². The minimum absolute atomic E-state index is 0.0840. The van der Waals surface area contributed by atoms with Crippen molar-refractivity contribution in [2.45, 2.75) is 17.9 Å². The molecule has 0 amide bonds. The van der Waals surface area contributed by atoms with E-state index in [2.05, 4.69) is 4.98 Å². The number of hydrogen-bond acceptors (Lipinski definition) is 5. The number of piperidine rings is 1. The van der Waals surface area contributed by atoms with Crippen molar-refractivity contribution in [2.24, 2.45) is 5.92 Å². The molecule has 20 heavy (non-hydrogen) atoms. The monoisotopic (exact) mass is 317 g/mol. The maximum atomic E-state index is 12.3. The van der Waals surface area contributed by atoms with E-state index < -0.39 is 20.8 Å². The molecule has 8 heteroatoms. The quantitative estimate of drug-likeness (QED) is 0.870. The number of nitrogens with zero attached hydrogens (tertiary/aromatic N) is 2. The molecular weight excluding hydrogens is 298 g/mol. The lowest BCUT2D eigenvalue weighted by atomic mass is 10.0. The van der Waals surface area contributed by atoms with Gasteiger partial charge in [-0.25, -0.2) is 17.7 Å². The van der Waals surface area contributed by atoms with Crippen LogP contribution in [-0.2, 0) is 20.8 Å². The fraction of sp³-hybridized carbons (Fsp3) is 0.583. The molecule has 0 saturated carbocycles. The van der Waals surface area contributed by atoms with Crippen molar-refractivity contribution in [1.29, 1.82) is 0 Å². The van der Waals surface area contributed by atoms with Gasteiger partial charge in [0, 0.05) is 25.0 Å². The molecule has 0 radical (unpaired) electrons. The summed E-state index contributed by atoms with van der Waals surface area (Å²) in [6, 6.07) is 3.37. The van der Waals surface area contributed by atoms with Gasteiger partial charge < -0.3 is 5.73 Å². The predicted octanol–water partition coefficient (Wildman–Crippen LogP) is 0.443. The molecule has 2 heterocycles. The standard InChI is InChI=1S/C12H19N3O3S2/c1-20(17,18)15-7-3-4-10(8-15)9-19(16)12-11(13)5-2-6-14-12/h2,5-6,10H,3-4,7-9,13H2,1H3. The molecule has 0 spiro atoms. The molecular formula is C12H19N3O3S2. The van der Waals surface area contributed by atoms with Crippen LogP contribution < -0.4 is 5.73 Å². The number of hydrogen-bond donors (Lipinski definition) is 1. The average molecular weight is 317 g/mol. The average Bonchev–Trinajstić information content (AvgIpc) is 2.38. The zero-order valence-electron chi connectivity index (χ0n) is 11.4. The first-order chi connectivity index (χ1) is 9.38. The Hall–Kier alpha value is -0.990. The Kier molecular flexibility index (Phi) is 4.77. The Labute approximate surface area is 121 Å². The Morgan fingerprint density at radius 2 is 2.30 bits per heavy atom. The summed E-state index contributed by atoms with van der Waals surface area (Å²) in [5.74, 6) is 0.480. The second-order valence-corrected chi connectivity index (χ2v) is 8.43. The van der Waals surface area contributed by atoms with E-state index in [1.807, 2.05) is 0 Å². The molecule has 2 unspecified atom stereocenters. The second-order valence-electron chi connectivity index (χ2n) is 5.04. The second kappa shape index (κ2) is 6.19. The number of pyridine rings is 1. The summed E-state index contributed by atoms with van der Waals surface area (Å²) in [5.41, 5.74) is 6.18. The molecule has 2 N–H and O–H groups in total. The van der Waals surface area contributed by atoms with Gasteiger partial charge in [0.15, 0.2) is 0 Å².